The normalized spacial score (nSPS) is 13.1. The quantitative estimate of drug-likeness (QED) is 0.297. The van der Waals surface area contributed by atoms with Gasteiger partial charge < -0.3 is 0 Å². The van der Waals surface area contributed by atoms with Gasteiger partial charge in [0.25, 0.3) is 10.1 Å². The van der Waals surface area contributed by atoms with Crippen molar-refractivity contribution in [1.29, 1.82) is 0 Å². The molecule has 0 aliphatic rings. The monoisotopic (exact) mass is 450 g/mol. The summed E-state index contributed by atoms with van der Waals surface area (Å²) in [4.78, 5) is -3.91. The van der Waals surface area contributed by atoms with Gasteiger partial charge in [0.05, 0.1) is 0 Å². The summed E-state index contributed by atoms with van der Waals surface area (Å²) < 4.78 is 89.0. The van der Waals surface area contributed by atoms with Crippen molar-refractivity contribution in [2.75, 3.05) is 0 Å². The number of benzene rings is 2. The van der Waals surface area contributed by atoms with Crippen molar-refractivity contribution >= 4 is 42.5 Å². The third kappa shape index (κ3) is 4.62. The Hall–Kier alpha value is -2.17. The van der Waals surface area contributed by atoms with Gasteiger partial charge >= 0.3 is 20.2 Å². The minimum Gasteiger partial charge on any atom is -0.282 e. The molecule has 2 aromatic rings. The standard InChI is InChI=1S/C14H14N2O9S3/c15-24-27(20,21)13-11(7-6-10-4-2-1-3-5-10)8-9-12(26(17,18)19)14(13)28(22,23)25-16/h1-9H,15-16H2,(H,17,18,19). The second-order valence-electron chi connectivity index (χ2n) is 5.13. The van der Waals surface area contributed by atoms with Gasteiger partial charge in [0.15, 0.2) is 0 Å². The summed E-state index contributed by atoms with van der Waals surface area (Å²) in [5, 5.41) is 0. The van der Waals surface area contributed by atoms with Crippen LogP contribution in [0.2, 0.25) is 0 Å². The van der Waals surface area contributed by atoms with Crippen LogP contribution in [0.25, 0.3) is 12.2 Å². The van der Waals surface area contributed by atoms with E-state index in [1.54, 1.807) is 30.3 Å². The average Bonchev–Trinajstić information content (AvgIpc) is 2.65. The molecule has 0 unspecified atom stereocenters. The number of nitrogens with two attached hydrogens (primary N) is 2. The Labute approximate surface area is 161 Å². The van der Waals surface area contributed by atoms with Crippen LogP contribution in [0.3, 0.4) is 0 Å². The van der Waals surface area contributed by atoms with Crippen LogP contribution >= 0.6 is 0 Å². The van der Waals surface area contributed by atoms with E-state index in [-0.39, 0.29) is 5.56 Å². The lowest BCUT2D eigenvalue weighted by molar-refractivity contribution is 0.322. The van der Waals surface area contributed by atoms with E-state index in [0.717, 1.165) is 6.07 Å². The van der Waals surface area contributed by atoms with Crippen LogP contribution in [0.15, 0.2) is 57.2 Å². The van der Waals surface area contributed by atoms with Gasteiger partial charge in [-0.3, -0.25) is 4.55 Å². The molecule has 0 saturated heterocycles. The highest BCUT2D eigenvalue weighted by Gasteiger charge is 2.36. The first-order chi connectivity index (χ1) is 12.9. The minimum atomic E-state index is -5.20. The van der Waals surface area contributed by atoms with Crippen molar-refractivity contribution in [2.45, 2.75) is 14.7 Å². The van der Waals surface area contributed by atoms with Gasteiger partial charge in [0.1, 0.15) is 14.7 Å². The molecule has 0 aliphatic heterocycles. The molecule has 14 heteroatoms. The molecule has 0 radical (unpaired) electrons. The molecule has 152 valence electrons. The Morgan fingerprint density at radius 3 is 1.79 bits per heavy atom. The topological polar surface area (TPSA) is 193 Å². The highest BCUT2D eigenvalue weighted by Crippen LogP contribution is 2.34. The Balaban J connectivity index is 2.96. The van der Waals surface area contributed by atoms with Crippen LogP contribution in [-0.2, 0) is 38.9 Å². The maximum Gasteiger partial charge on any atom is 0.315 e. The number of rotatable bonds is 7. The van der Waals surface area contributed by atoms with Gasteiger partial charge in [0, 0.05) is 0 Å². The molecular weight excluding hydrogens is 436 g/mol. The van der Waals surface area contributed by atoms with Gasteiger partial charge in [-0.05, 0) is 17.2 Å². The molecular formula is C14H14N2O9S3. The Morgan fingerprint density at radius 1 is 0.750 bits per heavy atom. The van der Waals surface area contributed by atoms with Gasteiger partial charge in [-0.15, -0.1) is 0 Å². The van der Waals surface area contributed by atoms with Crippen molar-refractivity contribution in [2.24, 2.45) is 11.8 Å². The summed E-state index contributed by atoms with van der Waals surface area (Å²) in [6.45, 7) is 0. The lowest BCUT2D eigenvalue weighted by Crippen LogP contribution is -2.22. The summed E-state index contributed by atoms with van der Waals surface area (Å²) in [6.07, 6.45) is 2.59. The maximum atomic E-state index is 12.3. The number of hydrogen-bond donors (Lipinski definition) is 3. The lowest BCUT2D eigenvalue weighted by Gasteiger charge is -2.14. The van der Waals surface area contributed by atoms with E-state index in [9.17, 15) is 29.8 Å². The van der Waals surface area contributed by atoms with E-state index in [0.29, 0.717) is 11.6 Å². The average molecular weight is 450 g/mol. The number of hydrogen-bond acceptors (Lipinski definition) is 10. The fourth-order valence-corrected chi connectivity index (χ4v) is 5.72. The summed E-state index contributed by atoms with van der Waals surface area (Å²) in [5.74, 6) is 9.41. The van der Waals surface area contributed by atoms with E-state index < -0.39 is 45.0 Å². The zero-order valence-corrected chi connectivity index (χ0v) is 16.2. The molecule has 2 rings (SSSR count). The maximum absolute atomic E-state index is 12.3. The molecule has 5 N–H and O–H groups in total. The predicted octanol–water partition coefficient (Wildman–Crippen LogP) is 0.262. The highest BCUT2D eigenvalue weighted by molar-refractivity contribution is 7.91. The Morgan fingerprint density at radius 2 is 1.29 bits per heavy atom. The smallest absolute Gasteiger partial charge is 0.282 e. The fraction of sp³-hybridized carbons (Fsp3) is 0. The molecule has 0 bridgehead atoms. The van der Waals surface area contributed by atoms with E-state index in [4.69, 9.17) is 5.90 Å². The van der Waals surface area contributed by atoms with E-state index in [2.05, 4.69) is 14.5 Å². The highest BCUT2D eigenvalue weighted by atomic mass is 32.2. The molecule has 0 heterocycles. The van der Waals surface area contributed by atoms with Crippen molar-refractivity contribution < 1.29 is 38.4 Å². The van der Waals surface area contributed by atoms with Crippen molar-refractivity contribution in [3.05, 3.63) is 53.6 Å². The molecule has 0 aromatic heterocycles. The molecule has 0 saturated carbocycles. The fourth-order valence-electron chi connectivity index (χ4n) is 2.24. The molecule has 2 aromatic carbocycles. The zero-order chi connectivity index (χ0) is 21.2. The first-order valence-electron chi connectivity index (χ1n) is 7.08. The van der Waals surface area contributed by atoms with Gasteiger partial charge in [-0.25, -0.2) is 0 Å². The van der Waals surface area contributed by atoms with Crippen molar-refractivity contribution in [1.82, 2.24) is 0 Å². The zero-order valence-electron chi connectivity index (χ0n) is 13.8. The summed E-state index contributed by atoms with van der Waals surface area (Å²) in [7, 11) is -15.4. The van der Waals surface area contributed by atoms with Crippen LogP contribution in [0.1, 0.15) is 11.1 Å². The summed E-state index contributed by atoms with van der Waals surface area (Å²) in [6, 6.07) is 10.1. The second-order valence-corrected chi connectivity index (χ2v) is 9.54. The second kappa shape index (κ2) is 8.06. The first-order valence-corrected chi connectivity index (χ1v) is 11.3. The van der Waals surface area contributed by atoms with Gasteiger partial charge in [-0.1, -0.05) is 48.6 Å². The van der Waals surface area contributed by atoms with Crippen molar-refractivity contribution in [3.8, 4) is 0 Å². The van der Waals surface area contributed by atoms with Gasteiger partial charge in [-0.2, -0.15) is 45.6 Å². The summed E-state index contributed by atoms with van der Waals surface area (Å²) >= 11 is 0. The van der Waals surface area contributed by atoms with E-state index in [1.807, 2.05) is 0 Å². The molecule has 0 aliphatic carbocycles. The Bertz CT molecular complexity index is 1220. The summed E-state index contributed by atoms with van der Waals surface area (Å²) in [5.41, 5.74) is 0.287. The molecule has 0 amide bonds. The third-order valence-corrected chi connectivity index (χ3v) is 6.92. The largest absolute Gasteiger partial charge is 0.315 e. The third-order valence-electron chi connectivity index (χ3n) is 3.39. The van der Waals surface area contributed by atoms with Crippen LogP contribution in [0.4, 0.5) is 0 Å². The minimum absolute atomic E-state index is 0.322. The molecule has 11 nitrogen and oxygen atoms in total. The molecule has 0 atom stereocenters. The SMILES string of the molecule is NOS(=O)(=O)c1c(C=Cc2ccccc2)ccc(S(=O)(=O)O)c1S(=O)(=O)ON. The molecule has 28 heavy (non-hydrogen) atoms. The van der Waals surface area contributed by atoms with Crippen molar-refractivity contribution in [3.63, 3.8) is 0 Å². The van der Waals surface area contributed by atoms with E-state index in [1.165, 1.54) is 12.2 Å². The first kappa shape index (κ1) is 22.1. The lowest BCUT2D eigenvalue weighted by atomic mass is 10.1. The van der Waals surface area contributed by atoms with E-state index >= 15 is 0 Å². The predicted molar refractivity (Wildman–Crippen MR) is 96.5 cm³/mol. The van der Waals surface area contributed by atoms with Crippen LogP contribution in [0.5, 0.6) is 0 Å². The van der Waals surface area contributed by atoms with Crippen LogP contribution in [-0.4, -0.2) is 29.8 Å². The van der Waals surface area contributed by atoms with Gasteiger partial charge in [0.2, 0.25) is 0 Å². The molecule has 0 spiro atoms. The molecule has 0 fully saturated rings. The Kier molecular flexibility index (Phi) is 6.37. The van der Waals surface area contributed by atoms with Crippen LogP contribution < -0.4 is 11.8 Å². The van der Waals surface area contributed by atoms with Crippen LogP contribution in [0, 0.1) is 0 Å².